The molecule has 3 atom stereocenters. The normalized spacial score (nSPS) is 27.9. The number of amides is 2. The number of hydrogen-bond donors (Lipinski definition) is 2. The topological polar surface area (TPSA) is 97.3 Å². The first kappa shape index (κ1) is 20.4. The molecule has 0 saturated carbocycles. The summed E-state index contributed by atoms with van der Waals surface area (Å²) in [5, 5.41) is 14.3. The number of ether oxygens (including phenoxy) is 3. The van der Waals surface area contributed by atoms with Crippen molar-refractivity contribution in [1.82, 2.24) is 10.2 Å². The number of likely N-dealkylation sites (tertiary alicyclic amines) is 1. The Labute approximate surface area is 164 Å². The van der Waals surface area contributed by atoms with E-state index in [1.807, 2.05) is 0 Å². The summed E-state index contributed by atoms with van der Waals surface area (Å²) < 4.78 is 16.8. The smallest absolute Gasteiger partial charge is 0.410 e. The van der Waals surface area contributed by atoms with Gasteiger partial charge in [-0.25, -0.2) is 4.79 Å². The van der Waals surface area contributed by atoms with Crippen molar-refractivity contribution in [2.24, 2.45) is 0 Å². The molecule has 0 spiro atoms. The fourth-order valence-electron chi connectivity index (χ4n) is 3.60. The third-order valence-corrected chi connectivity index (χ3v) is 4.96. The molecule has 2 heterocycles. The van der Waals surface area contributed by atoms with Crippen LogP contribution in [0.5, 0.6) is 5.75 Å². The molecule has 8 nitrogen and oxygen atoms in total. The number of aliphatic hydroxyl groups is 1. The summed E-state index contributed by atoms with van der Waals surface area (Å²) in [6, 6.07) is 6.00. The van der Waals surface area contributed by atoms with Gasteiger partial charge in [0.2, 0.25) is 6.29 Å². The fraction of sp³-hybridized carbons (Fsp3) is 0.600. The van der Waals surface area contributed by atoms with Crippen molar-refractivity contribution >= 4 is 12.0 Å². The molecule has 1 aromatic rings. The maximum atomic E-state index is 12.8. The number of benzene rings is 1. The lowest BCUT2D eigenvalue weighted by Crippen LogP contribution is -2.64. The highest BCUT2D eigenvalue weighted by molar-refractivity contribution is 5.97. The lowest BCUT2D eigenvalue weighted by molar-refractivity contribution is -0.200. The Kier molecular flexibility index (Phi) is 5.54. The Morgan fingerprint density at radius 2 is 2.07 bits per heavy atom. The van der Waals surface area contributed by atoms with Crippen LogP contribution in [0.3, 0.4) is 0 Å². The molecule has 0 radical (unpaired) electrons. The Morgan fingerprint density at radius 3 is 2.75 bits per heavy atom. The van der Waals surface area contributed by atoms with Crippen molar-refractivity contribution < 1.29 is 28.9 Å². The van der Waals surface area contributed by atoms with E-state index in [9.17, 15) is 14.7 Å². The van der Waals surface area contributed by atoms with Gasteiger partial charge < -0.3 is 29.5 Å². The maximum Gasteiger partial charge on any atom is 0.410 e. The minimum atomic E-state index is -1.51. The SMILES string of the molecule is COC1Oc2ccccc2C(=O)NC2CN(C(=O)OC(C)(C)C)CCCC21O. The van der Waals surface area contributed by atoms with Crippen molar-refractivity contribution in [3.63, 3.8) is 0 Å². The van der Waals surface area contributed by atoms with Gasteiger partial charge in [0.15, 0.2) is 0 Å². The van der Waals surface area contributed by atoms with Gasteiger partial charge in [0, 0.05) is 20.2 Å². The lowest BCUT2D eigenvalue weighted by Gasteiger charge is -2.42. The Balaban J connectivity index is 1.93. The van der Waals surface area contributed by atoms with E-state index in [-0.39, 0.29) is 18.9 Å². The second-order valence-electron chi connectivity index (χ2n) is 8.23. The number of para-hydroxylation sites is 1. The standard InChI is InChI=1S/C20H28N2O6/c1-19(2,3)28-18(24)22-11-7-10-20(25)15(12-22)21-16(23)13-8-5-6-9-14(13)27-17(20)26-4/h5-6,8-9,15,17,25H,7,10-12H2,1-4H3,(H,21,23). The molecule has 3 rings (SSSR count). The van der Waals surface area contributed by atoms with E-state index in [4.69, 9.17) is 14.2 Å². The second-order valence-corrected chi connectivity index (χ2v) is 8.23. The van der Waals surface area contributed by atoms with Crippen molar-refractivity contribution in [2.75, 3.05) is 20.2 Å². The molecule has 28 heavy (non-hydrogen) atoms. The summed E-state index contributed by atoms with van der Waals surface area (Å²) in [6.45, 7) is 5.86. The average Bonchev–Trinajstić information content (AvgIpc) is 2.77. The van der Waals surface area contributed by atoms with E-state index >= 15 is 0 Å². The zero-order chi connectivity index (χ0) is 20.5. The molecule has 0 bridgehead atoms. The molecular weight excluding hydrogens is 364 g/mol. The van der Waals surface area contributed by atoms with Crippen molar-refractivity contribution in [3.8, 4) is 5.75 Å². The van der Waals surface area contributed by atoms with Gasteiger partial charge in [-0.05, 0) is 45.7 Å². The predicted molar refractivity (Wildman–Crippen MR) is 101 cm³/mol. The number of nitrogens with zero attached hydrogens (tertiary/aromatic N) is 1. The number of hydrogen-bond acceptors (Lipinski definition) is 6. The van der Waals surface area contributed by atoms with E-state index in [0.29, 0.717) is 24.3 Å². The third-order valence-electron chi connectivity index (χ3n) is 4.96. The average molecular weight is 392 g/mol. The van der Waals surface area contributed by atoms with Crippen LogP contribution in [0.1, 0.15) is 44.0 Å². The number of fused-ring (bicyclic) bond motifs is 2. The molecule has 154 valence electrons. The highest BCUT2D eigenvalue weighted by Gasteiger charge is 2.51. The molecule has 1 aromatic carbocycles. The van der Waals surface area contributed by atoms with Crippen LogP contribution in [0.25, 0.3) is 0 Å². The number of rotatable bonds is 1. The summed E-state index contributed by atoms with van der Waals surface area (Å²) >= 11 is 0. The molecule has 3 unspecified atom stereocenters. The number of nitrogens with one attached hydrogen (secondary N) is 1. The van der Waals surface area contributed by atoms with E-state index in [1.165, 1.54) is 12.0 Å². The molecule has 0 aliphatic carbocycles. The molecule has 1 saturated heterocycles. The van der Waals surface area contributed by atoms with Crippen molar-refractivity contribution in [1.29, 1.82) is 0 Å². The summed E-state index contributed by atoms with van der Waals surface area (Å²) in [5.41, 5.74) is -1.80. The quantitative estimate of drug-likeness (QED) is 0.758. The second kappa shape index (κ2) is 7.60. The maximum absolute atomic E-state index is 12.8. The Morgan fingerprint density at radius 1 is 1.36 bits per heavy atom. The molecule has 8 heteroatoms. The minimum absolute atomic E-state index is 0.0859. The summed E-state index contributed by atoms with van der Waals surface area (Å²) in [7, 11) is 1.45. The van der Waals surface area contributed by atoms with E-state index in [2.05, 4.69) is 5.32 Å². The van der Waals surface area contributed by atoms with Gasteiger partial charge in [-0.1, -0.05) is 12.1 Å². The lowest BCUT2D eigenvalue weighted by atomic mass is 9.88. The highest BCUT2D eigenvalue weighted by Crippen LogP contribution is 2.33. The van der Waals surface area contributed by atoms with Gasteiger partial charge in [0.1, 0.15) is 17.0 Å². The largest absolute Gasteiger partial charge is 0.461 e. The highest BCUT2D eigenvalue weighted by atomic mass is 16.7. The number of carbonyl (C=O) groups is 2. The third kappa shape index (κ3) is 4.07. The van der Waals surface area contributed by atoms with E-state index < -0.39 is 29.6 Å². The predicted octanol–water partition coefficient (Wildman–Crippen LogP) is 1.91. The van der Waals surface area contributed by atoms with Gasteiger partial charge in [-0.3, -0.25) is 4.79 Å². The van der Waals surface area contributed by atoms with Gasteiger partial charge >= 0.3 is 6.09 Å². The van der Waals surface area contributed by atoms with Crippen LogP contribution in [0.4, 0.5) is 4.79 Å². The fourth-order valence-corrected chi connectivity index (χ4v) is 3.60. The number of methoxy groups -OCH3 is 1. The van der Waals surface area contributed by atoms with Gasteiger partial charge in [0.05, 0.1) is 11.6 Å². The first-order valence-corrected chi connectivity index (χ1v) is 9.44. The molecule has 0 aromatic heterocycles. The van der Waals surface area contributed by atoms with Gasteiger partial charge in [0.25, 0.3) is 5.91 Å². The monoisotopic (exact) mass is 392 g/mol. The van der Waals surface area contributed by atoms with Gasteiger partial charge in [-0.2, -0.15) is 0 Å². The molecule has 2 aliphatic heterocycles. The van der Waals surface area contributed by atoms with Crippen molar-refractivity contribution in [3.05, 3.63) is 29.8 Å². The van der Waals surface area contributed by atoms with Crippen LogP contribution in [-0.4, -0.2) is 65.7 Å². The minimum Gasteiger partial charge on any atom is -0.461 e. The zero-order valence-electron chi connectivity index (χ0n) is 16.7. The Bertz CT molecular complexity index is 746. The van der Waals surface area contributed by atoms with E-state index in [0.717, 1.165) is 0 Å². The molecule has 2 aliphatic rings. The van der Waals surface area contributed by atoms with E-state index in [1.54, 1.807) is 45.0 Å². The summed E-state index contributed by atoms with van der Waals surface area (Å²) in [5.74, 6) is -0.0356. The number of carbonyl (C=O) groups excluding carboxylic acids is 2. The molecule has 1 fully saturated rings. The molecular formula is C20H28N2O6. The van der Waals surface area contributed by atoms with Crippen LogP contribution in [0.2, 0.25) is 0 Å². The van der Waals surface area contributed by atoms with Crippen LogP contribution in [0, 0.1) is 0 Å². The summed E-state index contributed by atoms with van der Waals surface area (Å²) in [6.07, 6.45) is -0.688. The van der Waals surface area contributed by atoms with Crippen molar-refractivity contribution in [2.45, 2.75) is 57.1 Å². The first-order valence-electron chi connectivity index (χ1n) is 9.44. The Hall–Kier alpha value is -2.32. The van der Waals surface area contributed by atoms with Crippen LogP contribution in [0.15, 0.2) is 24.3 Å². The van der Waals surface area contributed by atoms with Crippen LogP contribution >= 0.6 is 0 Å². The zero-order valence-corrected chi connectivity index (χ0v) is 16.7. The first-order chi connectivity index (χ1) is 13.1. The molecule has 2 amide bonds. The van der Waals surface area contributed by atoms with Crippen LogP contribution < -0.4 is 10.1 Å². The molecule has 2 N–H and O–H groups in total. The van der Waals surface area contributed by atoms with Gasteiger partial charge in [-0.15, -0.1) is 0 Å². The summed E-state index contributed by atoms with van der Waals surface area (Å²) in [4.78, 5) is 26.9. The van der Waals surface area contributed by atoms with Crippen LogP contribution in [-0.2, 0) is 9.47 Å².